The van der Waals surface area contributed by atoms with Gasteiger partial charge in [-0.2, -0.15) is 5.10 Å². The lowest BCUT2D eigenvalue weighted by Crippen LogP contribution is -1.79. The van der Waals surface area contributed by atoms with Gasteiger partial charge in [0.2, 0.25) is 0 Å². The molecular weight excluding hydrogens is 100 g/mol. The third-order valence-electron chi connectivity index (χ3n) is 0.838. The van der Waals surface area contributed by atoms with Gasteiger partial charge in [-0.1, -0.05) is 0 Å². The van der Waals surface area contributed by atoms with Crippen LogP contribution in [0.2, 0.25) is 0 Å². The molecule has 1 aromatic heterocycles. The fourth-order valence-electron chi connectivity index (χ4n) is 0.536. The van der Waals surface area contributed by atoms with Crippen LogP contribution in [0.3, 0.4) is 0 Å². The molecule has 0 saturated carbocycles. The Kier molecular flexibility index (Phi) is 1.47. The zero-order chi connectivity index (χ0) is 5.82. The second-order valence-electron chi connectivity index (χ2n) is 1.44. The third kappa shape index (κ3) is 0.964. The van der Waals surface area contributed by atoms with Gasteiger partial charge in [0.05, 0.1) is 0 Å². The molecule has 42 valence electrons. The number of aromatic nitrogens is 1. The van der Waals surface area contributed by atoms with Crippen molar-refractivity contribution >= 4 is 6.21 Å². The van der Waals surface area contributed by atoms with E-state index in [0.717, 1.165) is 0 Å². The van der Waals surface area contributed by atoms with E-state index in [2.05, 4.69) is 5.10 Å². The van der Waals surface area contributed by atoms with Crippen molar-refractivity contribution in [3.63, 3.8) is 0 Å². The van der Waals surface area contributed by atoms with E-state index in [1.165, 1.54) is 0 Å². The molecule has 2 nitrogen and oxygen atoms in total. The molecule has 0 radical (unpaired) electrons. The fourth-order valence-corrected chi connectivity index (χ4v) is 0.536. The molecular formula is C6H8N2. The maximum atomic E-state index is 3.96. The molecule has 0 aliphatic heterocycles. The van der Waals surface area contributed by atoms with Crippen LogP contribution in [-0.2, 0) is 0 Å². The number of nitrogens with zero attached hydrogens (tertiary/aromatic N) is 2. The van der Waals surface area contributed by atoms with E-state index in [1.54, 1.807) is 10.9 Å². The molecule has 2 heteroatoms. The molecule has 0 spiro atoms. The van der Waals surface area contributed by atoms with E-state index in [0.29, 0.717) is 0 Å². The molecule has 0 saturated heterocycles. The molecule has 0 aliphatic carbocycles. The number of hydrogen-bond acceptors (Lipinski definition) is 1. The molecule has 0 amide bonds. The molecule has 0 fully saturated rings. The maximum absolute atomic E-state index is 3.96. The van der Waals surface area contributed by atoms with Gasteiger partial charge in [-0.3, -0.25) is 0 Å². The van der Waals surface area contributed by atoms with Crippen LogP contribution in [0, 0.1) is 0 Å². The highest BCUT2D eigenvalue weighted by atomic mass is 15.3. The smallest absolute Gasteiger partial charge is 0.0284 e. The summed E-state index contributed by atoms with van der Waals surface area (Å²) in [5.41, 5.74) is 0. The van der Waals surface area contributed by atoms with Crippen molar-refractivity contribution < 1.29 is 0 Å². The fraction of sp³-hybridized carbons (Fsp3) is 0.167. The standard InChI is InChI=1S/C6H8N2/c1-2-7-8-5-3-4-6-8/h2-6H,1H3. The highest BCUT2D eigenvalue weighted by Gasteiger charge is 1.74. The third-order valence-corrected chi connectivity index (χ3v) is 0.838. The molecule has 1 rings (SSSR count). The van der Waals surface area contributed by atoms with Crippen LogP contribution in [0.1, 0.15) is 6.92 Å². The summed E-state index contributed by atoms with van der Waals surface area (Å²) in [7, 11) is 0. The topological polar surface area (TPSA) is 17.3 Å². The molecule has 1 heterocycles. The van der Waals surface area contributed by atoms with E-state index in [9.17, 15) is 0 Å². The summed E-state index contributed by atoms with van der Waals surface area (Å²) in [5, 5.41) is 3.96. The first-order chi connectivity index (χ1) is 3.93. The van der Waals surface area contributed by atoms with E-state index in [-0.39, 0.29) is 0 Å². The van der Waals surface area contributed by atoms with Crippen LogP contribution in [-0.4, -0.2) is 10.9 Å². The van der Waals surface area contributed by atoms with Crippen LogP contribution in [0.5, 0.6) is 0 Å². The summed E-state index contributed by atoms with van der Waals surface area (Å²) < 4.78 is 1.75. The molecule has 0 atom stereocenters. The SMILES string of the molecule is CC=Nn1cccc1. The zero-order valence-corrected chi connectivity index (χ0v) is 4.78. The first-order valence-electron chi connectivity index (χ1n) is 2.55. The minimum Gasteiger partial charge on any atom is -0.249 e. The van der Waals surface area contributed by atoms with Gasteiger partial charge in [-0.25, -0.2) is 4.68 Å². The first-order valence-corrected chi connectivity index (χ1v) is 2.55. The molecule has 0 aliphatic rings. The van der Waals surface area contributed by atoms with Crippen molar-refractivity contribution in [3.8, 4) is 0 Å². The second-order valence-corrected chi connectivity index (χ2v) is 1.44. The monoisotopic (exact) mass is 108 g/mol. The summed E-state index contributed by atoms with van der Waals surface area (Å²) in [6.45, 7) is 1.89. The largest absolute Gasteiger partial charge is 0.249 e. The average Bonchev–Trinajstić information content (AvgIpc) is 2.19. The van der Waals surface area contributed by atoms with Crippen LogP contribution in [0.15, 0.2) is 29.6 Å². The van der Waals surface area contributed by atoms with Crippen molar-refractivity contribution in [3.05, 3.63) is 24.5 Å². The van der Waals surface area contributed by atoms with E-state index >= 15 is 0 Å². The Morgan fingerprint density at radius 2 is 2.00 bits per heavy atom. The maximum Gasteiger partial charge on any atom is 0.0284 e. The number of hydrogen-bond donors (Lipinski definition) is 0. The Morgan fingerprint density at radius 3 is 2.50 bits per heavy atom. The van der Waals surface area contributed by atoms with Crippen molar-refractivity contribution in [2.75, 3.05) is 0 Å². The quantitative estimate of drug-likeness (QED) is 0.483. The first kappa shape index (κ1) is 5.09. The van der Waals surface area contributed by atoms with Crippen molar-refractivity contribution in [1.82, 2.24) is 4.68 Å². The predicted molar refractivity (Wildman–Crippen MR) is 34.0 cm³/mol. The molecule has 0 unspecified atom stereocenters. The summed E-state index contributed by atoms with van der Waals surface area (Å²) in [6, 6.07) is 3.88. The van der Waals surface area contributed by atoms with Crippen molar-refractivity contribution in [2.24, 2.45) is 5.10 Å². The van der Waals surface area contributed by atoms with E-state index in [4.69, 9.17) is 0 Å². The summed E-state index contributed by atoms with van der Waals surface area (Å²) in [5.74, 6) is 0. The highest BCUT2D eigenvalue weighted by Crippen LogP contribution is 1.85. The van der Waals surface area contributed by atoms with E-state index in [1.807, 2.05) is 31.5 Å². The van der Waals surface area contributed by atoms with Gasteiger partial charge in [-0.05, 0) is 19.1 Å². The van der Waals surface area contributed by atoms with E-state index < -0.39 is 0 Å². The number of rotatable bonds is 1. The van der Waals surface area contributed by atoms with Gasteiger partial charge in [-0.15, -0.1) is 0 Å². The molecule has 8 heavy (non-hydrogen) atoms. The minimum absolute atomic E-state index is 1.75. The molecule has 0 bridgehead atoms. The van der Waals surface area contributed by atoms with Gasteiger partial charge < -0.3 is 0 Å². The molecule has 1 aromatic rings. The second kappa shape index (κ2) is 2.31. The average molecular weight is 108 g/mol. The van der Waals surface area contributed by atoms with Crippen LogP contribution in [0.25, 0.3) is 0 Å². The lowest BCUT2D eigenvalue weighted by molar-refractivity contribution is 0.893. The Morgan fingerprint density at radius 1 is 1.38 bits per heavy atom. The zero-order valence-electron chi connectivity index (χ0n) is 4.78. The van der Waals surface area contributed by atoms with Crippen molar-refractivity contribution in [2.45, 2.75) is 6.92 Å². The van der Waals surface area contributed by atoms with Crippen LogP contribution in [0.4, 0.5) is 0 Å². The lowest BCUT2D eigenvalue weighted by Gasteiger charge is -1.85. The van der Waals surface area contributed by atoms with Gasteiger partial charge in [0.15, 0.2) is 0 Å². The Bertz CT molecular complexity index is 163. The van der Waals surface area contributed by atoms with Gasteiger partial charge in [0.25, 0.3) is 0 Å². The molecule has 0 aromatic carbocycles. The molecule has 0 N–H and O–H groups in total. The van der Waals surface area contributed by atoms with Gasteiger partial charge in [0, 0.05) is 18.6 Å². The van der Waals surface area contributed by atoms with Crippen molar-refractivity contribution in [1.29, 1.82) is 0 Å². The minimum atomic E-state index is 1.75. The van der Waals surface area contributed by atoms with Crippen LogP contribution >= 0.6 is 0 Å². The summed E-state index contributed by atoms with van der Waals surface area (Å²) >= 11 is 0. The Hall–Kier alpha value is -1.05. The van der Waals surface area contributed by atoms with Gasteiger partial charge in [0.1, 0.15) is 0 Å². The summed E-state index contributed by atoms with van der Waals surface area (Å²) in [4.78, 5) is 0. The lowest BCUT2D eigenvalue weighted by atomic mass is 10.7. The van der Waals surface area contributed by atoms with Crippen LogP contribution < -0.4 is 0 Å². The summed E-state index contributed by atoms with van der Waals surface area (Å²) in [6.07, 6.45) is 5.53. The van der Waals surface area contributed by atoms with Gasteiger partial charge >= 0.3 is 0 Å². The Balaban J connectivity index is 2.77. The predicted octanol–water partition coefficient (Wildman–Crippen LogP) is 1.34. The Labute approximate surface area is 48.4 Å². The highest BCUT2D eigenvalue weighted by molar-refractivity contribution is 5.52. The normalized spacial score (nSPS) is 10.6.